The van der Waals surface area contributed by atoms with Crippen molar-refractivity contribution in [2.24, 2.45) is 5.92 Å². The van der Waals surface area contributed by atoms with Crippen LogP contribution < -0.4 is 5.32 Å². The van der Waals surface area contributed by atoms with Crippen molar-refractivity contribution in [2.45, 2.75) is 46.7 Å². The monoisotopic (exact) mass is 276 g/mol. The maximum absolute atomic E-state index is 12.3. The number of carbonyl (C=O) groups is 1. The van der Waals surface area contributed by atoms with Crippen LogP contribution in [0.25, 0.3) is 0 Å². The molecule has 1 aromatic rings. The van der Waals surface area contributed by atoms with Crippen molar-refractivity contribution in [1.29, 1.82) is 0 Å². The van der Waals surface area contributed by atoms with E-state index in [2.05, 4.69) is 45.1 Å². The van der Waals surface area contributed by atoms with Gasteiger partial charge in [-0.3, -0.25) is 4.79 Å². The van der Waals surface area contributed by atoms with Gasteiger partial charge in [0.05, 0.1) is 0 Å². The summed E-state index contributed by atoms with van der Waals surface area (Å²) >= 11 is 0. The highest BCUT2D eigenvalue weighted by Gasteiger charge is 2.16. The molecule has 1 N–H and O–H groups in total. The summed E-state index contributed by atoms with van der Waals surface area (Å²) in [5, 5.41) is 3.33. The van der Waals surface area contributed by atoms with Gasteiger partial charge in [-0.15, -0.1) is 0 Å². The molecule has 0 aromatic heterocycles. The van der Waals surface area contributed by atoms with Crippen LogP contribution in [0, 0.1) is 5.92 Å². The number of amides is 1. The summed E-state index contributed by atoms with van der Waals surface area (Å²) in [5.41, 5.74) is 1.18. The molecule has 0 saturated carbocycles. The average molecular weight is 276 g/mol. The number of nitrogens with zero attached hydrogens (tertiary/aromatic N) is 1. The molecule has 0 fully saturated rings. The summed E-state index contributed by atoms with van der Waals surface area (Å²) in [5.74, 6) is 0.843. The molecule has 0 heterocycles. The van der Waals surface area contributed by atoms with Gasteiger partial charge in [0.2, 0.25) is 5.91 Å². The molecule has 1 aromatic carbocycles. The Bertz CT molecular complexity index is 387. The maximum Gasteiger partial charge on any atom is 0.224 e. The minimum Gasteiger partial charge on any atom is -0.336 e. The summed E-state index contributed by atoms with van der Waals surface area (Å²) in [4.78, 5) is 14.3. The Kier molecular flexibility index (Phi) is 7.31. The Morgan fingerprint density at radius 1 is 1.15 bits per heavy atom. The molecule has 0 bridgehead atoms. The van der Waals surface area contributed by atoms with E-state index in [4.69, 9.17) is 0 Å². The molecule has 1 rings (SSSR count). The lowest BCUT2D eigenvalue weighted by atomic mass is 10.1. The number of hydrogen-bond donors (Lipinski definition) is 1. The highest BCUT2D eigenvalue weighted by atomic mass is 16.2. The fourth-order valence-corrected chi connectivity index (χ4v) is 2.07. The van der Waals surface area contributed by atoms with Gasteiger partial charge >= 0.3 is 0 Å². The summed E-state index contributed by atoms with van der Waals surface area (Å²) in [6.45, 7) is 10.9. The molecule has 0 unspecified atom stereocenters. The van der Waals surface area contributed by atoms with Crippen molar-refractivity contribution >= 4 is 5.91 Å². The molecule has 3 nitrogen and oxygen atoms in total. The van der Waals surface area contributed by atoms with E-state index in [-0.39, 0.29) is 11.9 Å². The number of rotatable bonds is 8. The van der Waals surface area contributed by atoms with Crippen LogP contribution in [0.2, 0.25) is 0 Å². The van der Waals surface area contributed by atoms with E-state index < -0.39 is 0 Å². The van der Waals surface area contributed by atoms with Crippen LogP contribution in [0.15, 0.2) is 30.3 Å². The molecule has 1 amide bonds. The fourth-order valence-electron chi connectivity index (χ4n) is 2.07. The fraction of sp³-hybridized carbons (Fsp3) is 0.588. The minimum absolute atomic E-state index is 0.222. The van der Waals surface area contributed by atoms with Crippen LogP contribution in [0.1, 0.15) is 39.7 Å². The van der Waals surface area contributed by atoms with Crippen molar-refractivity contribution < 1.29 is 4.79 Å². The number of benzene rings is 1. The Balaban J connectivity index is 2.47. The van der Waals surface area contributed by atoms with Crippen molar-refractivity contribution in [1.82, 2.24) is 10.2 Å². The molecule has 0 radical (unpaired) electrons. The van der Waals surface area contributed by atoms with E-state index in [0.29, 0.717) is 18.9 Å². The standard InChI is InChI=1S/C17H28N2O/c1-14(2)12-18-11-10-17(20)19(15(3)4)13-16-8-6-5-7-9-16/h5-9,14-15,18H,10-13H2,1-4H3. The molecule has 0 aliphatic rings. The first-order valence-corrected chi connectivity index (χ1v) is 7.54. The summed E-state index contributed by atoms with van der Waals surface area (Å²) in [7, 11) is 0. The molecular formula is C17H28N2O. The third kappa shape index (κ3) is 6.20. The Hall–Kier alpha value is -1.35. The molecule has 0 aliphatic heterocycles. The van der Waals surface area contributed by atoms with Crippen LogP contribution >= 0.6 is 0 Å². The molecule has 0 atom stereocenters. The smallest absolute Gasteiger partial charge is 0.224 e. The van der Waals surface area contributed by atoms with Gasteiger partial charge in [-0.25, -0.2) is 0 Å². The zero-order valence-corrected chi connectivity index (χ0v) is 13.2. The second kappa shape index (κ2) is 8.75. The summed E-state index contributed by atoms with van der Waals surface area (Å²) < 4.78 is 0. The molecule has 20 heavy (non-hydrogen) atoms. The zero-order valence-electron chi connectivity index (χ0n) is 13.2. The number of nitrogens with one attached hydrogen (secondary N) is 1. The van der Waals surface area contributed by atoms with Crippen LogP contribution in [0.4, 0.5) is 0 Å². The van der Waals surface area contributed by atoms with Crippen LogP contribution in [0.3, 0.4) is 0 Å². The zero-order chi connectivity index (χ0) is 15.0. The normalized spacial score (nSPS) is 11.1. The topological polar surface area (TPSA) is 32.3 Å². The highest BCUT2D eigenvalue weighted by Crippen LogP contribution is 2.09. The molecule has 0 aliphatic carbocycles. The van der Waals surface area contributed by atoms with Gasteiger partial charge in [0.25, 0.3) is 0 Å². The van der Waals surface area contributed by atoms with E-state index >= 15 is 0 Å². The van der Waals surface area contributed by atoms with Gasteiger partial charge in [0, 0.05) is 25.6 Å². The Morgan fingerprint density at radius 3 is 2.35 bits per heavy atom. The quantitative estimate of drug-likeness (QED) is 0.740. The average Bonchev–Trinajstić information content (AvgIpc) is 2.41. The number of carbonyl (C=O) groups excluding carboxylic acids is 1. The van der Waals surface area contributed by atoms with Gasteiger partial charge in [0.15, 0.2) is 0 Å². The van der Waals surface area contributed by atoms with Crippen molar-refractivity contribution in [3.63, 3.8) is 0 Å². The van der Waals surface area contributed by atoms with E-state index in [1.54, 1.807) is 0 Å². The second-order valence-electron chi connectivity index (χ2n) is 5.95. The van der Waals surface area contributed by atoms with Crippen molar-refractivity contribution in [2.75, 3.05) is 13.1 Å². The van der Waals surface area contributed by atoms with Gasteiger partial charge in [-0.05, 0) is 31.9 Å². The maximum atomic E-state index is 12.3. The van der Waals surface area contributed by atoms with Gasteiger partial charge in [-0.1, -0.05) is 44.2 Å². The lowest BCUT2D eigenvalue weighted by molar-refractivity contribution is -0.133. The van der Waals surface area contributed by atoms with E-state index in [1.807, 2.05) is 23.1 Å². The predicted molar refractivity (Wildman–Crippen MR) is 84.5 cm³/mol. The first kappa shape index (κ1) is 16.7. The summed E-state index contributed by atoms with van der Waals surface area (Å²) in [6.07, 6.45) is 0.567. The highest BCUT2D eigenvalue weighted by molar-refractivity contribution is 5.76. The SMILES string of the molecule is CC(C)CNCCC(=O)N(Cc1ccccc1)C(C)C. The predicted octanol–water partition coefficient (Wildman–Crippen LogP) is 3.06. The molecule has 3 heteroatoms. The van der Waals surface area contributed by atoms with Gasteiger partial charge in [0.1, 0.15) is 0 Å². The minimum atomic E-state index is 0.222. The second-order valence-corrected chi connectivity index (χ2v) is 5.95. The first-order valence-electron chi connectivity index (χ1n) is 7.54. The van der Waals surface area contributed by atoms with Gasteiger partial charge in [-0.2, -0.15) is 0 Å². The first-order chi connectivity index (χ1) is 9.50. The number of hydrogen-bond acceptors (Lipinski definition) is 2. The van der Waals surface area contributed by atoms with Crippen molar-refractivity contribution in [3.05, 3.63) is 35.9 Å². The lowest BCUT2D eigenvalue weighted by Gasteiger charge is -2.27. The Morgan fingerprint density at radius 2 is 1.80 bits per heavy atom. The Labute approximate surface area is 123 Å². The van der Waals surface area contributed by atoms with E-state index in [1.165, 1.54) is 5.56 Å². The van der Waals surface area contributed by atoms with Crippen LogP contribution in [-0.4, -0.2) is 29.9 Å². The van der Waals surface area contributed by atoms with E-state index in [0.717, 1.165) is 13.1 Å². The largest absolute Gasteiger partial charge is 0.336 e. The summed E-state index contributed by atoms with van der Waals surface area (Å²) in [6, 6.07) is 10.4. The van der Waals surface area contributed by atoms with Crippen molar-refractivity contribution in [3.8, 4) is 0 Å². The van der Waals surface area contributed by atoms with E-state index in [9.17, 15) is 4.79 Å². The lowest BCUT2D eigenvalue weighted by Crippen LogP contribution is -2.38. The van der Waals surface area contributed by atoms with Crippen LogP contribution in [0.5, 0.6) is 0 Å². The molecular weight excluding hydrogens is 248 g/mol. The molecule has 112 valence electrons. The van der Waals surface area contributed by atoms with Crippen LogP contribution in [-0.2, 0) is 11.3 Å². The third-order valence-corrected chi connectivity index (χ3v) is 3.21. The molecule has 0 saturated heterocycles. The van der Waals surface area contributed by atoms with Gasteiger partial charge < -0.3 is 10.2 Å². The third-order valence-electron chi connectivity index (χ3n) is 3.21. The molecule has 0 spiro atoms.